The Morgan fingerprint density at radius 2 is 2.03 bits per heavy atom. The number of aromatic nitrogens is 1. The van der Waals surface area contributed by atoms with Crippen LogP contribution in [0, 0.1) is 15.9 Å². The van der Waals surface area contributed by atoms with Crippen LogP contribution in [0.3, 0.4) is 0 Å². The van der Waals surface area contributed by atoms with Gasteiger partial charge in [-0.25, -0.2) is 9.18 Å². The molecule has 1 aromatic carbocycles. The van der Waals surface area contributed by atoms with Gasteiger partial charge in [0.05, 0.1) is 35.0 Å². The Morgan fingerprint density at radius 1 is 1.28 bits per heavy atom. The largest absolute Gasteiger partial charge is 0.447 e. The quantitative estimate of drug-likeness (QED) is 0.503. The summed E-state index contributed by atoms with van der Waals surface area (Å²) in [7, 11) is 0. The third kappa shape index (κ3) is 4.66. The molecule has 3 heterocycles. The number of benzene rings is 1. The smallest absolute Gasteiger partial charge is 0.410 e. The van der Waals surface area contributed by atoms with E-state index in [2.05, 4.69) is 11.1 Å². The number of nitro benzene ring substituents is 1. The molecule has 0 atom stereocenters. The number of nitro groups is 1. The summed E-state index contributed by atoms with van der Waals surface area (Å²) in [6.45, 7) is 6.05. The summed E-state index contributed by atoms with van der Waals surface area (Å²) in [6.07, 6.45) is 3.78. The summed E-state index contributed by atoms with van der Waals surface area (Å²) in [5.74, 6) is -0.226. The number of nitrogens with zero attached hydrogens (tertiary/aromatic N) is 4. The number of halogens is 1. The van der Waals surface area contributed by atoms with Gasteiger partial charge >= 0.3 is 6.09 Å². The summed E-state index contributed by atoms with van der Waals surface area (Å²) >= 11 is 0. The van der Waals surface area contributed by atoms with Crippen LogP contribution in [-0.2, 0) is 17.7 Å². The molecule has 170 valence electrons. The van der Waals surface area contributed by atoms with Crippen LogP contribution in [0.5, 0.6) is 0 Å². The SMILES string of the molecule is CC(C)OC(=O)N1CCC(c2ccc(CN3CCc4cc([N+](=O)[O-])cc(F)c43)nc2)CC1. The minimum Gasteiger partial charge on any atom is -0.447 e. The van der Waals surface area contributed by atoms with Gasteiger partial charge in [-0.2, -0.15) is 0 Å². The second-order valence-corrected chi connectivity index (χ2v) is 8.64. The third-order valence-corrected chi connectivity index (χ3v) is 6.07. The molecule has 1 aromatic heterocycles. The summed E-state index contributed by atoms with van der Waals surface area (Å²) in [5.41, 5.74) is 2.83. The number of likely N-dealkylation sites (tertiary alicyclic amines) is 1. The molecule has 0 bridgehead atoms. The summed E-state index contributed by atoms with van der Waals surface area (Å²) in [4.78, 5) is 30.7. The number of non-ortho nitro benzene ring substituents is 1. The number of ether oxygens (including phenoxy) is 1. The summed E-state index contributed by atoms with van der Waals surface area (Å²) < 4.78 is 19.8. The highest BCUT2D eigenvalue weighted by molar-refractivity contribution is 5.68. The third-order valence-electron chi connectivity index (χ3n) is 6.07. The van der Waals surface area contributed by atoms with E-state index in [1.807, 2.05) is 31.0 Å². The second kappa shape index (κ2) is 9.10. The Bertz CT molecular complexity index is 1000. The van der Waals surface area contributed by atoms with Crippen LogP contribution >= 0.6 is 0 Å². The lowest BCUT2D eigenvalue weighted by molar-refractivity contribution is -0.385. The molecule has 1 fully saturated rings. The van der Waals surface area contributed by atoms with E-state index in [1.165, 1.54) is 6.07 Å². The van der Waals surface area contributed by atoms with E-state index < -0.39 is 10.7 Å². The molecule has 2 aromatic rings. The van der Waals surface area contributed by atoms with Crippen molar-refractivity contribution in [1.82, 2.24) is 9.88 Å². The molecule has 32 heavy (non-hydrogen) atoms. The second-order valence-electron chi connectivity index (χ2n) is 8.64. The van der Waals surface area contributed by atoms with Crippen molar-refractivity contribution in [3.05, 3.63) is 63.2 Å². The number of hydrogen-bond acceptors (Lipinski definition) is 6. The molecule has 0 N–H and O–H groups in total. The van der Waals surface area contributed by atoms with Crippen molar-refractivity contribution < 1.29 is 18.8 Å². The zero-order valence-corrected chi connectivity index (χ0v) is 18.3. The minimum atomic E-state index is -0.565. The molecular weight excluding hydrogens is 415 g/mol. The van der Waals surface area contributed by atoms with Gasteiger partial charge in [-0.1, -0.05) is 6.07 Å². The fourth-order valence-electron chi connectivity index (χ4n) is 4.45. The molecule has 1 amide bonds. The van der Waals surface area contributed by atoms with Crippen LogP contribution in [0.1, 0.15) is 49.4 Å². The average molecular weight is 442 g/mol. The normalized spacial score (nSPS) is 16.4. The molecule has 9 heteroatoms. The van der Waals surface area contributed by atoms with Gasteiger partial charge < -0.3 is 14.5 Å². The van der Waals surface area contributed by atoms with Gasteiger partial charge in [-0.3, -0.25) is 15.1 Å². The minimum absolute atomic E-state index is 0.122. The van der Waals surface area contributed by atoms with Crippen LogP contribution in [-0.4, -0.2) is 46.6 Å². The monoisotopic (exact) mass is 442 g/mol. The first-order valence-corrected chi connectivity index (χ1v) is 10.9. The molecule has 8 nitrogen and oxygen atoms in total. The maximum Gasteiger partial charge on any atom is 0.410 e. The molecule has 0 saturated carbocycles. The van der Waals surface area contributed by atoms with Gasteiger partial charge in [0.2, 0.25) is 0 Å². The number of amides is 1. The molecule has 4 rings (SSSR count). The van der Waals surface area contributed by atoms with Crippen LogP contribution < -0.4 is 4.90 Å². The highest BCUT2D eigenvalue weighted by Crippen LogP contribution is 2.35. The van der Waals surface area contributed by atoms with Crippen LogP contribution in [0.25, 0.3) is 0 Å². The maximum atomic E-state index is 14.5. The predicted octanol–water partition coefficient (Wildman–Crippen LogP) is 4.42. The van der Waals surface area contributed by atoms with Crippen LogP contribution in [0.4, 0.5) is 20.6 Å². The van der Waals surface area contributed by atoms with Gasteiger partial charge in [0.25, 0.3) is 5.69 Å². The first-order valence-electron chi connectivity index (χ1n) is 10.9. The summed E-state index contributed by atoms with van der Waals surface area (Å²) in [6, 6.07) is 6.45. The topological polar surface area (TPSA) is 88.8 Å². The molecule has 0 radical (unpaired) electrons. The van der Waals surface area contributed by atoms with E-state index in [9.17, 15) is 19.3 Å². The van der Waals surface area contributed by atoms with Gasteiger partial charge in [0.15, 0.2) is 5.82 Å². The predicted molar refractivity (Wildman–Crippen MR) is 117 cm³/mol. The van der Waals surface area contributed by atoms with Gasteiger partial charge in [-0.15, -0.1) is 0 Å². The molecule has 2 aliphatic rings. The molecule has 0 unspecified atom stereocenters. The van der Waals surface area contributed by atoms with Crippen molar-refractivity contribution in [2.45, 2.75) is 51.7 Å². The Labute approximate surface area is 186 Å². The van der Waals surface area contributed by atoms with E-state index in [4.69, 9.17) is 4.74 Å². The first-order chi connectivity index (χ1) is 15.3. The number of piperidine rings is 1. The lowest BCUT2D eigenvalue weighted by atomic mass is 9.90. The fourth-order valence-corrected chi connectivity index (χ4v) is 4.45. The van der Waals surface area contributed by atoms with Crippen LogP contribution in [0.2, 0.25) is 0 Å². The van der Waals surface area contributed by atoms with Crippen molar-refractivity contribution in [2.24, 2.45) is 0 Å². The zero-order chi connectivity index (χ0) is 22.8. The molecule has 2 aliphatic heterocycles. The number of anilines is 1. The van der Waals surface area contributed by atoms with Crippen LogP contribution in [0.15, 0.2) is 30.5 Å². The van der Waals surface area contributed by atoms with Crippen molar-refractivity contribution in [3.8, 4) is 0 Å². The highest BCUT2D eigenvalue weighted by Gasteiger charge is 2.28. The molecular formula is C23H27FN4O4. The summed E-state index contributed by atoms with van der Waals surface area (Å²) in [5, 5.41) is 11.0. The molecule has 1 saturated heterocycles. The van der Waals surface area contributed by atoms with E-state index in [-0.39, 0.29) is 17.9 Å². The first kappa shape index (κ1) is 22.0. The standard InChI is InChI=1S/C23H27FN4O4/c1-15(2)32-23(29)26-8-5-16(6-9-26)18-3-4-19(25-13-18)14-27-10-7-17-11-20(28(30)31)12-21(24)22(17)27/h3-4,11-13,15-16H,5-10,14H2,1-2H3. The molecule has 0 aliphatic carbocycles. The van der Waals surface area contributed by atoms with E-state index >= 15 is 0 Å². The number of carbonyl (C=O) groups is 1. The van der Waals surface area contributed by atoms with E-state index in [0.29, 0.717) is 49.8 Å². The Morgan fingerprint density at radius 3 is 2.66 bits per heavy atom. The zero-order valence-electron chi connectivity index (χ0n) is 18.3. The Hall–Kier alpha value is -3.23. The fraction of sp³-hybridized carbons (Fsp3) is 0.478. The van der Waals surface area contributed by atoms with Crippen molar-refractivity contribution in [1.29, 1.82) is 0 Å². The highest BCUT2D eigenvalue weighted by atomic mass is 19.1. The lowest BCUT2D eigenvalue weighted by Crippen LogP contribution is -2.39. The number of carbonyl (C=O) groups excluding carboxylic acids is 1. The van der Waals surface area contributed by atoms with Crippen molar-refractivity contribution >= 4 is 17.5 Å². The Kier molecular flexibility index (Phi) is 6.25. The van der Waals surface area contributed by atoms with Gasteiger partial charge in [0, 0.05) is 31.9 Å². The Balaban J connectivity index is 1.37. The van der Waals surface area contributed by atoms with Gasteiger partial charge in [-0.05, 0) is 56.2 Å². The number of rotatable bonds is 5. The number of fused-ring (bicyclic) bond motifs is 1. The maximum absolute atomic E-state index is 14.5. The van der Waals surface area contributed by atoms with Gasteiger partial charge in [0.1, 0.15) is 0 Å². The number of pyridine rings is 1. The lowest BCUT2D eigenvalue weighted by Gasteiger charge is -2.32. The van der Waals surface area contributed by atoms with Crippen molar-refractivity contribution in [3.63, 3.8) is 0 Å². The van der Waals surface area contributed by atoms with E-state index in [1.54, 1.807) is 4.90 Å². The number of hydrogen-bond donors (Lipinski definition) is 0. The average Bonchev–Trinajstić information content (AvgIpc) is 3.17. The molecule has 0 spiro atoms. The van der Waals surface area contributed by atoms with Crippen molar-refractivity contribution in [2.75, 3.05) is 24.5 Å². The van der Waals surface area contributed by atoms with E-state index in [0.717, 1.165) is 30.2 Å².